The molecular formula is C16H23ClN2O5. The molecule has 1 aromatic rings. The second-order valence-electron chi connectivity index (χ2n) is 5.22. The molecule has 0 atom stereocenters. The summed E-state index contributed by atoms with van der Waals surface area (Å²) in [6.45, 7) is 7.07. The van der Waals surface area contributed by atoms with Crippen LogP contribution in [0.4, 0.5) is 0 Å². The summed E-state index contributed by atoms with van der Waals surface area (Å²) in [5, 5.41) is 19.0. The lowest BCUT2D eigenvalue weighted by molar-refractivity contribution is -0.159. The standard InChI is InChI=1S/C14H21ClN2O.C2H2O4/c15-14-4-2-13(3-5-14)12-16-6-1-7-17-8-10-18-11-9-17;3-1(4)2(5)6/h2-5,16H,1,6-12H2;(H,3,4)(H,5,6). The van der Waals surface area contributed by atoms with E-state index in [9.17, 15) is 0 Å². The van der Waals surface area contributed by atoms with Crippen molar-refractivity contribution < 1.29 is 24.5 Å². The van der Waals surface area contributed by atoms with Crippen LogP contribution in [0.5, 0.6) is 0 Å². The first kappa shape index (κ1) is 20.4. The molecule has 2 rings (SSSR count). The fourth-order valence-electron chi connectivity index (χ4n) is 2.09. The van der Waals surface area contributed by atoms with Gasteiger partial charge in [-0.1, -0.05) is 23.7 Å². The molecule has 24 heavy (non-hydrogen) atoms. The predicted molar refractivity (Wildman–Crippen MR) is 90.3 cm³/mol. The van der Waals surface area contributed by atoms with Gasteiger partial charge in [0.15, 0.2) is 0 Å². The molecule has 134 valence electrons. The molecule has 0 saturated carbocycles. The van der Waals surface area contributed by atoms with Crippen LogP contribution in [0.3, 0.4) is 0 Å². The van der Waals surface area contributed by atoms with Crippen LogP contribution in [0.25, 0.3) is 0 Å². The van der Waals surface area contributed by atoms with Gasteiger partial charge in [0.05, 0.1) is 13.2 Å². The number of nitrogens with one attached hydrogen (secondary N) is 1. The van der Waals surface area contributed by atoms with Crippen molar-refractivity contribution in [3.8, 4) is 0 Å². The van der Waals surface area contributed by atoms with Gasteiger partial charge in [-0.15, -0.1) is 0 Å². The average molecular weight is 359 g/mol. The molecule has 1 heterocycles. The van der Waals surface area contributed by atoms with Crippen molar-refractivity contribution in [1.82, 2.24) is 10.2 Å². The monoisotopic (exact) mass is 358 g/mol. The van der Waals surface area contributed by atoms with Crippen molar-refractivity contribution in [2.45, 2.75) is 13.0 Å². The van der Waals surface area contributed by atoms with E-state index < -0.39 is 11.9 Å². The number of halogens is 1. The fourth-order valence-corrected chi connectivity index (χ4v) is 2.21. The summed E-state index contributed by atoms with van der Waals surface area (Å²) in [6.07, 6.45) is 1.19. The van der Waals surface area contributed by atoms with Gasteiger partial charge < -0.3 is 20.3 Å². The maximum absolute atomic E-state index is 9.10. The van der Waals surface area contributed by atoms with Gasteiger partial charge in [0.1, 0.15) is 0 Å². The van der Waals surface area contributed by atoms with E-state index in [-0.39, 0.29) is 0 Å². The van der Waals surface area contributed by atoms with Gasteiger partial charge in [-0.25, -0.2) is 9.59 Å². The minimum atomic E-state index is -1.82. The third-order valence-electron chi connectivity index (χ3n) is 3.36. The second kappa shape index (κ2) is 11.8. The third kappa shape index (κ3) is 9.46. The van der Waals surface area contributed by atoms with Crippen molar-refractivity contribution >= 4 is 23.5 Å². The Balaban J connectivity index is 0.000000413. The number of carbonyl (C=O) groups is 2. The first-order chi connectivity index (χ1) is 11.5. The smallest absolute Gasteiger partial charge is 0.414 e. The summed E-state index contributed by atoms with van der Waals surface area (Å²) in [5.41, 5.74) is 1.28. The van der Waals surface area contributed by atoms with Gasteiger partial charge in [0.2, 0.25) is 0 Å². The molecule has 7 nitrogen and oxygen atoms in total. The molecule has 0 unspecified atom stereocenters. The van der Waals surface area contributed by atoms with Crippen LogP contribution in [-0.2, 0) is 20.9 Å². The summed E-state index contributed by atoms with van der Waals surface area (Å²) in [4.78, 5) is 20.7. The molecule has 0 bridgehead atoms. The van der Waals surface area contributed by atoms with E-state index in [1.165, 1.54) is 12.0 Å². The third-order valence-corrected chi connectivity index (χ3v) is 3.61. The van der Waals surface area contributed by atoms with E-state index in [2.05, 4.69) is 22.3 Å². The molecule has 0 radical (unpaired) electrons. The van der Waals surface area contributed by atoms with Crippen LogP contribution < -0.4 is 5.32 Å². The Hall–Kier alpha value is -1.67. The number of hydrogen-bond donors (Lipinski definition) is 3. The second-order valence-corrected chi connectivity index (χ2v) is 5.66. The Morgan fingerprint density at radius 2 is 1.71 bits per heavy atom. The quantitative estimate of drug-likeness (QED) is 0.520. The highest BCUT2D eigenvalue weighted by Gasteiger charge is 2.08. The first-order valence-electron chi connectivity index (χ1n) is 7.70. The van der Waals surface area contributed by atoms with Crippen molar-refractivity contribution in [2.24, 2.45) is 0 Å². The maximum atomic E-state index is 9.10. The fraction of sp³-hybridized carbons (Fsp3) is 0.500. The summed E-state index contributed by atoms with van der Waals surface area (Å²) >= 11 is 5.85. The molecule has 1 saturated heterocycles. The summed E-state index contributed by atoms with van der Waals surface area (Å²) in [7, 11) is 0. The average Bonchev–Trinajstić information content (AvgIpc) is 2.58. The van der Waals surface area contributed by atoms with E-state index in [0.29, 0.717) is 0 Å². The van der Waals surface area contributed by atoms with Gasteiger partial charge in [-0.3, -0.25) is 4.90 Å². The molecule has 0 amide bonds. The number of morpholine rings is 1. The van der Waals surface area contributed by atoms with E-state index in [1.54, 1.807) is 0 Å². The number of carboxylic acids is 2. The van der Waals surface area contributed by atoms with Gasteiger partial charge in [-0.2, -0.15) is 0 Å². The molecule has 8 heteroatoms. The number of aliphatic carboxylic acids is 2. The van der Waals surface area contributed by atoms with Crippen LogP contribution in [0.1, 0.15) is 12.0 Å². The van der Waals surface area contributed by atoms with E-state index in [1.807, 2.05) is 12.1 Å². The number of carboxylic acid groups (broad SMARTS) is 2. The zero-order valence-corrected chi connectivity index (χ0v) is 14.2. The molecule has 1 fully saturated rings. The van der Waals surface area contributed by atoms with Crippen molar-refractivity contribution in [3.63, 3.8) is 0 Å². The minimum Gasteiger partial charge on any atom is -0.473 e. The number of nitrogens with zero attached hydrogens (tertiary/aromatic N) is 1. The lowest BCUT2D eigenvalue weighted by Crippen LogP contribution is -2.37. The van der Waals surface area contributed by atoms with Crippen LogP contribution in [0, 0.1) is 0 Å². The number of rotatable bonds is 6. The molecule has 0 aliphatic carbocycles. The summed E-state index contributed by atoms with van der Waals surface area (Å²) in [6, 6.07) is 8.01. The predicted octanol–water partition coefficient (Wildman–Crippen LogP) is 1.31. The molecular weight excluding hydrogens is 336 g/mol. The normalized spacial score (nSPS) is 14.5. The zero-order valence-electron chi connectivity index (χ0n) is 13.4. The lowest BCUT2D eigenvalue weighted by atomic mass is 10.2. The Bertz CT molecular complexity index is 492. The Morgan fingerprint density at radius 3 is 2.25 bits per heavy atom. The number of hydrogen-bond acceptors (Lipinski definition) is 5. The molecule has 1 aliphatic rings. The van der Waals surface area contributed by atoms with E-state index >= 15 is 0 Å². The van der Waals surface area contributed by atoms with Crippen LogP contribution in [-0.4, -0.2) is 66.4 Å². The highest BCUT2D eigenvalue weighted by Crippen LogP contribution is 2.09. The van der Waals surface area contributed by atoms with Crippen molar-refractivity contribution in [3.05, 3.63) is 34.9 Å². The minimum absolute atomic E-state index is 0.797. The molecule has 0 spiro atoms. The SMILES string of the molecule is Clc1ccc(CNCCCN2CCOCC2)cc1.O=C(O)C(=O)O. The van der Waals surface area contributed by atoms with Gasteiger partial charge in [0.25, 0.3) is 0 Å². The van der Waals surface area contributed by atoms with Crippen LogP contribution in [0.15, 0.2) is 24.3 Å². The summed E-state index contributed by atoms with van der Waals surface area (Å²) < 4.78 is 5.33. The lowest BCUT2D eigenvalue weighted by Gasteiger charge is -2.26. The van der Waals surface area contributed by atoms with E-state index in [0.717, 1.165) is 51.0 Å². The van der Waals surface area contributed by atoms with Crippen molar-refractivity contribution in [2.75, 3.05) is 39.4 Å². The Kier molecular flexibility index (Phi) is 10.0. The molecule has 0 aromatic heterocycles. The summed E-state index contributed by atoms with van der Waals surface area (Å²) in [5.74, 6) is -3.65. The first-order valence-corrected chi connectivity index (χ1v) is 8.08. The number of benzene rings is 1. The number of ether oxygens (including phenoxy) is 1. The van der Waals surface area contributed by atoms with E-state index in [4.69, 9.17) is 36.1 Å². The molecule has 1 aliphatic heterocycles. The molecule has 1 aromatic carbocycles. The zero-order chi connectivity index (χ0) is 17.8. The van der Waals surface area contributed by atoms with Crippen LogP contribution >= 0.6 is 11.6 Å². The van der Waals surface area contributed by atoms with Gasteiger partial charge >= 0.3 is 11.9 Å². The maximum Gasteiger partial charge on any atom is 0.414 e. The molecule has 3 N–H and O–H groups in total. The topological polar surface area (TPSA) is 99.1 Å². The Morgan fingerprint density at radius 1 is 1.12 bits per heavy atom. The van der Waals surface area contributed by atoms with Gasteiger partial charge in [-0.05, 0) is 37.2 Å². The Labute approximate surface area is 146 Å². The highest BCUT2D eigenvalue weighted by atomic mass is 35.5. The largest absolute Gasteiger partial charge is 0.473 e. The van der Waals surface area contributed by atoms with Crippen molar-refractivity contribution in [1.29, 1.82) is 0 Å². The van der Waals surface area contributed by atoms with Gasteiger partial charge in [0, 0.05) is 24.7 Å². The highest BCUT2D eigenvalue weighted by molar-refractivity contribution is 6.30. The van der Waals surface area contributed by atoms with Crippen LogP contribution in [0.2, 0.25) is 5.02 Å².